The summed E-state index contributed by atoms with van der Waals surface area (Å²) in [4.78, 5) is 16.2. The number of anilines is 1. The number of fused-ring (bicyclic) bond motifs is 1. The Kier molecular flexibility index (Phi) is 5.68. The summed E-state index contributed by atoms with van der Waals surface area (Å²) in [7, 11) is 0. The molecule has 4 aromatic rings. The van der Waals surface area contributed by atoms with Crippen molar-refractivity contribution in [3.05, 3.63) is 65.8 Å². The van der Waals surface area contributed by atoms with E-state index in [1.807, 2.05) is 43.0 Å². The number of benzene rings is 2. The molecule has 0 bridgehead atoms. The largest absolute Gasteiger partial charge is 0.451 e. The number of nitrogens with zero attached hydrogens (tertiary/aromatic N) is 6. The van der Waals surface area contributed by atoms with E-state index in [4.69, 9.17) is 4.52 Å². The van der Waals surface area contributed by atoms with Crippen molar-refractivity contribution in [1.82, 2.24) is 25.0 Å². The van der Waals surface area contributed by atoms with Crippen LogP contribution in [0.25, 0.3) is 22.3 Å². The van der Waals surface area contributed by atoms with Gasteiger partial charge in [-0.1, -0.05) is 47.1 Å². The molecule has 1 atom stereocenters. The molecule has 0 spiro atoms. The van der Waals surface area contributed by atoms with Crippen LogP contribution < -0.4 is 4.90 Å². The maximum absolute atomic E-state index is 13.4. The van der Waals surface area contributed by atoms with Crippen molar-refractivity contribution in [2.45, 2.75) is 26.1 Å². The molecule has 1 aliphatic rings. The summed E-state index contributed by atoms with van der Waals surface area (Å²) in [6.45, 7) is 6.26. The molecule has 0 amide bonds. The van der Waals surface area contributed by atoms with Gasteiger partial charge in [0, 0.05) is 37.1 Å². The molecular formula is C24H23F3N6O. The number of piperazine rings is 1. The second-order valence-electron chi connectivity index (χ2n) is 8.41. The highest BCUT2D eigenvalue weighted by atomic mass is 19.4. The van der Waals surface area contributed by atoms with Gasteiger partial charge < -0.3 is 9.42 Å². The molecule has 2 aromatic heterocycles. The van der Waals surface area contributed by atoms with Crippen LogP contribution in [0.15, 0.2) is 53.1 Å². The van der Waals surface area contributed by atoms with Crippen LogP contribution in [0.3, 0.4) is 0 Å². The van der Waals surface area contributed by atoms with Crippen LogP contribution in [0.1, 0.15) is 30.2 Å². The van der Waals surface area contributed by atoms with Gasteiger partial charge >= 0.3 is 6.18 Å². The molecule has 1 fully saturated rings. The van der Waals surface area contributed by atoms with Crippen LogP contribution in [0.5, 0.6) is 0 Å². The van der Waals surface area contributed by atoms with Gasteiger partial charge in [0.05, 0.1) is 11.6 Å². The maximum Gasteiger partial charge on any atom is 0.451 e. The Morgan fingerprint density at radius 1 is 0.912 bits per heavy atom. The molecule has 0 N–H and O–H groups in total. The summed E-state index contributed by atoms with van der Waals surface area (Å²) in [5, 5.41) is 4.72. The van der Waals surface area contributed by atoms with Crippen LogP contribution in [0, 0.1) is 6.92 Å². The van der Waals surface area contributed by atoms with Crippen LogP contribution >= 0.6 is 0 Å². The van der Waals surface area contributed by atoms with Gasteiger partial charge in [0.25, 0.3) is 0 Å². The smallest absolute Gasteiger partial charge is 0.353 e. The van der Waals surface area contributed by atoms with Crippen molar-refractivity contribution in [3.63, 3.8) is 0 Å². The average molecular weight is 468 g/mol. The van der Waals surface area contributed by atoms with E-state index < -0.39 is 12.0 Å². The SMILES string of the molecule is Cc1ccc(-c2noc([C@H](C)N3CCN(c4nc(C(F)(F)F)nc5ccccc45)CC3)n2)cc1. The highest BCUT2D eigenvalue weighted by molar-refractivity contribution is 5.89. The van der Waals surface area contributed by atoms with E-state index >= 15 is 0 Å². The van der Waals surface area contributed by atoms with Crippen molar-refractivity contribution in [2.75, 3.05) is 31.1 Å². The first-order chi connectivity index (χ1) is 16.3. The summed E-state index contributed by atoms with van der Waals surface area (Å²) >= 11 is 0. The predicted octanol–water partition coefficient (Wildman–Crippen LogP) is 4.89. The summed E-state index contributed by atoms with van der Waals surface area (Å²) in [5.41, 5.74) is 2.32. The molecule has 2 aromatic carbocycles. The summed E-state index contributed by atoms with van der Waals surface area (Å²) < 4.78 is 45.7. The minimum absolute atomic E-state index is 0.123. The molecule has 0 aliphatic carbocycles. The molecule has 5 rings (SSSR count). The fourth-order valence-electron chi connectivity index (χ4n) is 4.13. The third kappa shape index (κ3) is 4.33. The van der Waals surface area contributed by atoms with Crippen LogP contribution in [0.4, 0.5) is 19.0 Å². The highest BCUT2D eigenvalue weighted by Crippen LogP contribution is 2.33. The number of hydrogen-bond donors (Lipinski definition) is 0. The Bertz CT molecular complexity index is 1300. The number of hydrogen-bond acceptors (Lipinski definition) is 7. The van der Waals surface area contributed by atoms with Crippen molar-refractivity contribution < 1.29 is 17.7 Å². The van der Waals surface area contributed by atoms with Gasteiger partial charge in [0.1, 0.15) is 5.82 Å². The average Bonchev–Trinajstić information content (AvgIpc) is 3.33. The Morgan fingerprint density at radius 3 is 2.32 bits per heavy atom. The fraction of sp³-hybridized carbons (Fsp3) is 0.333. The summed E-state index contributed by atoms with van der Waals surface area (Å²) in [5.74, 6) is 0.236. The lowest BCUT2D eigenvalue weighted by atomic mass is 10.1. The molecule has 0 saturated carbocycles. The van der Waals surface area contributed by atoms with Gasteiger partial charge in [-0.2, -0.15) is 18.2 Å². The van der Waals surface area contributed by atoms with E-state index in [1.54, 1.807) is 24.3 Å². The van der Waals surface area contributed by atoms with Crippen LogP contribution in [0.2, 0.25) is 0 Å². The quantitative estimate of drug-likeness (QED) is 0.422. The minimum Gasteiger partial charge on any atom is -0.353 e. The molecule has 34 heavy (non-hydrogen) atoms. The zero-order chi connectivity index (χ0) is 23.9. The van der Waals surface area contributed by atoms with Gasteiger partial charge in [-0.25, -0.2) is 9.97 Å². The zero-order valence-corrected chi connectivity index (χ0v) is 18.8. The molecule has 1 saturated heterocycles. The Labute approximate surface area is 194 Å². The topological polar surface area (TPSA) is 71.2 Å². The number of aromatic nitrogens is 4. The number of para-hydroxylation sites is 1. The van der Waals surface area contributed by atoms with E-state index in [0.29, 0.717) is 49.1 Å². The number of aryl methyl sites for hydroxylation is 1. The third-order valence-electron chi connectivity index (χ3n) is 6.11. The van der Waals surface area contributed by atoms with E-state index in [0.717, 1.165) is 11.1 Å². The van der Waals surface area contributed by atoms with Crippen LogP contribution in [-0.2, 0) is 6.18 Å². The fourth-order valence-corrected chi connectivity index (χ4v) is 4.13. The third-order valence-corrected chi connectivity index (χ3v) is 6.11. The molecule has 0 unspecified atom stereocenters. The predicted molar refractivity (Wildman–Crippen MR) is 121 cm³/mol. The maximum atomic E-state index is 13.4. The van der Waals surface area contributed by atoms with Crippen molar-refractivity contribution in [3.8, 4) is 11.4 Å². The highest BCUT2D eigenvalue weighted by Gasteiger charge is 2.36. The number of alkyl halides is 3. The molecule has 10 heteroatoms. The van der Waals surface area contributed by atoms with Gasteiger partial charge in [-0.15, -0.1) is 0 Å². The van der Waals surface area contributed by atoms with E-state index in [2.05, 4.69) is 25.0 Å². The minimum atomic E-state index is -4.61. The number of rotatable bonds is 4. The summed E-state index contributed by atoms with van der Waals surface area (Å²) in [6.07, 6.45) is -4.61. The first-order valence-corrected chi connectivity index (χ1v) is 11.0. The Hall–Kier alpha value is -3.53. The Morgan fingerprint density at radius 2 is 1.62 bits per heavy atom. The lowest BCUT2D eigenvalue weighted by Gasteiger charge is -2.37. The van der Waals surface area contributed by atoms with Crippen molar-refractivity contribution >= 4 is 16.7 Å². The first-order valence-electron chi connectivity index (χ1n) is 11.0. The monoisotopic (exact) mass is 468 g/mol. The van der Waals surface area contributed by atoms with Crippen LogP contribution in [-0.4, -0.2) is 51.2 Å². The zero-order valence-electron chi connectivity index (χ0n) is 18.8. The van der Waals surface area contributed by atoms with Gasteiger partial charge in [0.15, 0.2) is 0 Å². The van der Waals surface area contributed by atoms with E-state index in [-0.39, 0.29) is 11.6 Å². The van der Waals surface area contributed by atoms with E-state index in [9.17, 15) is 13.2 Å². The summed E-state index contributed by atoms with van der Waals surface area (Å²) in [6, 6.07) is 14.6. The van der Waals surface area contributed by atoms with Crippen molar-refractivity contribution in [1.29, 1.82) is 0 Å². The normalized spacial score (nSPS) is 16.2. The molecule has 7 nitrogen and oxygen atoms in total. The molecule has 176 valence electrons. The van der Waals surface area contributed by atoms with Gasteiger partial charge in [-0.05, 0) is 26.0 Å². The first kappa shape index (κ1) is 22.3. The molecular weight excluding hydrogens is 445 g/mol. The van der Waals surface area contributed by atoms with Gasteiger partial charge in [-0.3, -0.25) is 4.90 Å². The molecule has 3 heterocycles. The standard InChI is InChI=1S/C24H23F3N6O/c1-15-7-9-17(10-8-15)20-29-22(34-31-20)16(2)32-11-13-33(14-12-32)21-18-5-3-4-6-19(18)28-23(30-21)24(25,26)27/h3-10,16H,11-14H2,1-2H3/t16-/m0/s1. The lowest BCUT2D eigenvalue weighted by Crippen LogP contribution is -2.47. The van der Waals surface area contributed by atoms with E-state index in [1.165, 1.54) is 0 Å². The Balaban J connectivity index is 1.32. The van der Waals surface area contributed by atoms with Crippen molar-refractivity contribution in [2.24, 2.45) is 0 Å². The molecule has 0 radical (unpaired) electrons. The van der Waals surface area contributed by atoms with Gasteiger partial charge in [0.2, 0.25) is 17.5 Å². The number of halogens is 3. The lowest BCUT2D eigenvalue weighted by molar-refractivity contribution is -0.144. The second kappa shape index (κ2) is 8.68. The second-order valence-corrected chi connectivity index (χ2v) is 8.41. The molecule has 1 aliphatic heterocycles.